The zero-order valence-electron chi connectivity index (χ0n) is 11.1. The third-order valence-corrected chi connectivity index (χ3v) is 4.33. The van der Waals surface area contributed by atoms with Crippen LogP contribution >= 0.6 is 0 Å². The van der Waals surface area contributed by atoms with Crippen molar-refractivity contribution in [1.29, 1.82) is 0 Å². The third kappa shape index (κ3) is 3.63. The summed E-state index contributed by atoms with van der Waals surface area (Å²) in [4.78, 5) is -0.903. The largest absolute Gasteiger partial charge is 0.502 e. The molecule has 0 aliphatic heterocycles. The van der Waals surface area contributed by atoms with E-state index in [-0.39, 0.29) is 12.4 Å². The minimum Gasteiger partial charge on any atom is -0.490 e. The molecule has 4 nitrogen and oxygen atoms in total. The van der Waals surface area contributed by atoms with Crippen LogP contribution in [-0.4, -0.2) is 26.1 Å². The summed E-state index contributed by atoms with van der Waals surface area (Å²) in [6.45, 7) is 3.36. The molecule has 0 radical (unpaired) electrons. The first kappa shape index (κ1) is 16.8. The van der Waals surface area contributed by atoms with Crippen molar-refractivity contribution in [3.8, 4) is 5.75 Å². The van der Waals surface area contributed by atoms with Crippen LogP contribution in [0, 0.1) is 0 Å². The monoisotopic (exact) mass is 311 g/mol. The fourth-order valence-corrected chi connectivity index (χ4v) is 2.16. The molecule has 0 heterocycles. The van der Waals surface area contributed by atoms with Gasteiger partial charge in [-0.05, 0) is 25.5 Å². The van der Waals surface area contributed by atoms with Gasteiger partial charge in [-0.3, -0.25) is 0 Å². The molecule has 0 fully saturated rings. The summed E-state index contributed by atoms with van der Waals surface area (Å²) in [5.41, 5.74) is -0.315. The van der Waals surface area contributed by atoms with Crippen LogP contribution < -0.4 is 10.5 Å². The van der Waals surface area contributed by atoms with Crippen LogP contribution in [0.25, 0.3) is 0 Å². The topological polar surface area (TPSA) is 69.4 Å². The highest BCUT2D eigenvalue weighted by molar-refractivity contribution is 7.92. The van der Waals surface area contributed by atoms with E-state index < -0.39 is 25.8 Å². The molecule has 1 aromatic carbocycles. The molecule has 8 heteroatoms. The van der Waals surface area contributed by atoms with E-state index in [1.807, 2.05) is 0 Å². The number of hydrogen-bond acceptors (Lipinski definition) is 4. The van der Waals surface area contributed by atoms with Gasteiger partial charge in [-0.1, -0.05) is 19.1 Å². The fourth-order valence-electron chi connectivity index (χ4n) is 1.26. The van der Waals surface area contributed by atoms with Crippen molar-refractivity contribution < 1.29 is 26.3 Å². The van der Waals surface area contributed by atoms with Crippen molar-refractivity contribution in [3.63, 3.8) is 0 Å². The van der Waals surface area contributed by atoms with Gasteiger partial charge >= 0.3 is 5.51 Å². The molecule has 0 aliphatic carbocycles. The number of rotatable bonds is 5. The van der Waals surface area contributed by atoms with Gasteiger partial charge in [0.05, 0.1) is 0 Å². The molecule has 0 spiro atoms. The molecule has 0 bridgehead atoms. The van der Waals surface area contributed by atoms with Crippen molar-refractivity contribution in [3.05, 3.63) is 24.3 Å². The van der Waals surface area contributed by atoms with Crippen LogP contribution in [0.2, 0.25) is 0 Å². The lowest BCUT2D eigenvalue weighted by molar-refractivity contribution is -0.0437. The van der Waals surface area contributed by atoms with Gasteiger partial charge in [-0.15, -0.1) is 0 Å². The molecule has 0 aromatic heterocycles. The van der Waals surface area contributed by atoms with Gasteiger partial charge in [-0.2, -0.15) is 13.2 Å². The van der Waals surface area contributed by atoms with Crippen molar-refractivity contribution in [2.45, 2.75) is 36.2 Å². The number of sulfone groups is 1. The molecule has 0 saturated heterocycles. The van der Waals surface area contributed by atoms with E-state index in [1.54, 1.807) is 13.8 Å². The minimum absolute atomic E-state index is 0.0894. The van der Waals surface area contributed by atoms with Crippen LogP contribution in [0.4, 0.5) is 13.2 Å². The lowest BCUT2D eigenvalue weighted by Crippen LogP contribution is -2.41. The number of nitrogens with two attached hydrogens (primary N) is 1. The number of para-hydroxylation sites is 1. The maximum absolute atomic E-state index is 12.6. The summed E-state index contributed by atoms with van der Waals surface area (Å²) in [6.07, 6.45) is 0.529. The highest BCUT2D eigenvalue weighted by Crippen LogP contribution is 2.35. The summed E-state index contributed by atoms with van der Waals surface area (Å²) in [7, 11) is -5.45. The van der Waals surface area contributed by atoms with Gasteiger partial charge in [0.2, 0.25) is 0 Å². The molecule has 0 saturated carbocycles. The Morgan fingerprint density at radius 2 is 1.80 bits per heavy atom. The first-order valence-electron chi connectivity index (χ1n) is 5.83. The van der Waals surface area contributed by atoms with E-state index in [0.717, 1.165) is 6.07 Å². The number of ether oxygens (including phenoxy) is 1. The number of alkyl halides is 3. The lowest BCUT2D eigenvalue weighted by atomic mass is 10.0. The molecule has 0 aliphatic rings. The maximum atomic E-state index is 12.6. The van der Waals surface area contributed by atoms with Gasteiger partial charge in [0.1, 0.15) is 17.3 Å². The van der Waals surface area contributed by atoms with Crippen molar-refractivity contribution >= 4 is 9.84 Å². The predicted octanol–water partition coefficient (Wildman–Crippen LogP) is 2.49. The second-order valence-corrected chi connectivity index (χ2v) is 6.60. The number of halogens is 3. The van der Waals surface area contributed by atoms with E-state index in [2.05, 4.69) is 0 Å². The van der Waals surface area contributed by atoms with Crippen molar-refractivity contribution in [2.75, 3.05) is 6.61 Å². The molecule has 20 heavy (non-hydrogen) atoms. The Bertz CT molecular complexity index is 568. The summed E-state index contributed by atoms with van der Waals surface area (Å²) in [6, 6.07) is 4.62. The van der Waals surface area contributed by atoms with Gasteiger partial charge in [-0.25, -0.2) is 8.42 Å². The SMILES string of the molecule is CCC(C)(N)COc1ccccc1S(=O)(=O)C(F)(F)F. The van der Waals surface area contributed by atoms with Crippen LogP contribution in [0.1, 0.15) is 20.3 Å². The smallest absolute Gasteiger partial charge is 0.490 e. The molecular formula is C12H16F3NO3S. The molecule has 1 rings (SSSR count). The molecular weight excluding hydrogens is 295 g/mol. The average Bonchev–Trinajstić information content (AvgIpc) is 2.35. The Hall–Kier alpha value is -1.28. The first-order chi connectivity index (χ1) is 9.01. The molecule has 1 aromatic rings. The van der Waals surface area contributed by atoms with Crippen LogP contribution in [0.5, 0.6) is 5.75 Å². The van der Waals surface area contributed by atoms with E-state index in [9.17, 15) is 21.6 Å². The quantitative estimate of drug-likeness (QED) is 0.907. The van der Waals surface area contributed by atoms with Crippen LogP contribution in [-0.2, 0) is 9.84 Å². The first-order valence-corrected chi connectivity index (χ1v) is 7.31. The highest BCUT2D eigenvalue weighted by atomic mass is 32.2. The second-order valence-electron chi connectivity index (χ2n) is 4.69. The molecule has 2 N–H and O–H groups in total. The fraction of sp³-hybridized carbons (Fsp3) is 0.500. The van der Waals surface area contributed by atoms with E-state index in [1.165, 1.54) is 18.2 Å². The lowest BCUT2D eigenvalue weighted by Gasteiger charge is -2.23. The zero-order chi connectivity index (χ0) is 15.6. The Balaban J connectivity index is 3.14. The Kier molecular flexibility index (Phi) is 4.70. The summed E-state index contributed by atoms with van der Waals surface area (Å²) >= 11 is 0. The van der Waals surface area contributed by atoms with Crippen molar-refractivity contribution in [1.82, 2.24) is 0 Å². The van der Waals surface area contributed by atoms with Crippen LogP contribution in [0.3, 0.4) is 0 Å². The maximum Gasteiger partial charge on any atom is 0.502 e. The average molecular weight is 311 g/mol. The van der Waals surface area contributed by atoms with Gasteiger partial charge < -0.3 is 10.5 Å². The number of benzene rings is 1. The number of hydrogen-bond donors (Lipinski definition) is 1. The van der Waals surface area contributed by atoms with Crippen molar-refractivity contribution in [2.24, 2.45) is 5.73 Å². The van der Waals surface area contributed by atoms with E-state index in [0.29, 0.717) is 6.42 Å². The highest BCUT2D eigenvalue weighted by Gasteiger charge is 2.48. The third-order valence-electron chi connectivity index (χ3n) is 2.81. The molecule has 0 amide bonds. The summed E-state index contributed by atoms with van der Waals surface area (Å²) in [5, 5.41) is 0. The Morgan fingerprint density at radius 3 is 2.30 bits per heavy atom. The zero-order valence-corrected chi connectivity index (χ0v) is 11.9. The second kappa shape index (κ2) is 5.61. The summed E-state index contributed by atoms with van der Waals surface area (Å²) < 4.78 is 65.7. The Labute approximate surface area is 115 Å². The van der Waals surface area contributed by atoms with Gasteiger partial charge in [0.25, 0.3) is 9.84 Å². The summed E-state index contributed by atoms with van der Waals surface area (Å²) in [5.74, 6) is -0.352. The Morgan fingerprint density at radius 1 is 1.25 bits per heavy atom. The standard InChI is InChI=1S/C12H16F3NO3S/c1-3-11(2,16)8-19-9-6-4-5-7-10(9)20(17,18)12(13,14)15/h4-7H,3,8,16H2,1-2H3. The molecule has 114 valence electrons. The van der Waals surface area contributed by atoms with Gasteiger partial charge in [0, 0.05) is 5.54 Å². The molecule has 1 unspecified atom stereocenters. The van der Waals surface area contributed by atoms with Gasteiger partial charge in [0.15, 0.2) is 0 Å². The minimum atomic E-state index is -5.45. The normalized spacial score (nSPS) is 15.7. The van der Waals surface area contributed by atoms with Crippen LogP contribution in [0.15, 0.2) is 29.2 Å². The predicted molar refractivity (Wildman–Crippen MR) is 68.1 cm³/mol. The van der Waals surface area contributed by atoms with E-state index in [4.69, 9.17) is 10.5 Å². The molecule has 1 atom stereocenters. The van der Waals surface area contributed by atoms with E-state index >= 15 is 0 Å².